The van der Waals surface area contributed by atoms with Crippen LogP contribution in [-0.4, -0.2) is 37.4 Å². The van der Waals surface area contributed by atoms with Crippen LogP contribution in [0.5, 0.6) is 17.2 Å². The number of nitrogens with one attached hydrogen (secondary N) is 1. The van der Waals surface area contributed by atoms with Crippen LogP contribution in [0.25, 0.3) is 11.3 Å². The number of hydrogen-bond donors (Lipinski definition) is 1. The summed E-state index contributed by atoms with van der Waals surface area (Å²) in [4.78, 5) is 23.0. The maximum absolute atomic E-state index is 12.2. The first-order valence-electron chi connectivity index (χ1n) is 9.66. The summed E-state index contributed by atoms with van der Waals surface area (Å²) in [5.41, 5.74) is 3.35. The summed E-state index contributed by atoms with van der Waals surface area (Å²) < 4.78 is 21.6. The van der Waals surface area contributed by atoms with Gasteiger partial charge in [-0.1, -0.05) is 6.07 Å². The second-order valence-corrected chi connectivity index (χ2v) is 6.79. The van der Waals surface area contributed by atoms with E-state index in [1.54, 1.807) is 42.5 Å². The number of ether oxygens (including phenoxy) is 3. The van der Waals surface area contributed by atoms with Crippen molar-refractivity contribution in [2.24, 2.45) is 5.10 Å². The zero-order valence-electron chi connectivity index (χ0n) is 17.1. The van der Waals surface area contributed by atoms with Crippen LogP contribution in [0.1, 0.15) is 11.3 Å². The second kappa shape index (κ2) is 9.21. The van der Waals surface area contributed by atoms with Crippen molar-refractivity contribution >= 4 is 17.8 Å². The van der Waals surface area contributed by atoms with E-state index >= 15 is 0 Å². The molecule has 164 valence electrons. The van der Waals surface area contributed by atoms with E-state index in [4.69, 9.17) is 18.6 Å². The number of carbonyl (C=O) groups is 1. The molecule has 0 saturated carbocycles. The fraction of sp³-hybridized carbons (Fsp3) is 0.182. The lowest BCUT2D eigenvalue weighted by atomic mass is 10.1. The quantitative estimate of drug-likeness (QED) is 0.341. The standard InChI is InChI=1S/C22H19N3O7/c1-29-15-3-5-17(18(12-15)25(27)28)19-7-4-16(32-19)13-23-24-22(26)11-14-2-6-20-21(10-14)31-9-8-30-20/h2-7,10,12-13H,8-9,11H2,1H3,(H,24,26). The Kier molecular flexibility index (Phi) is 6.02. The predicted octanol–water partition coefficient (Wildman–Crippen LogP) is 3.33. The first-order chi connectivity index (χ1) is 15.5. The highest BCUT2D eigenvalue weighted by atomic mass is 16.6. The molecule has 1 aliphatic heterocycles. The number of hydrogen-bond acceptors (Lipinski definition) is 8. The number of rotatable bonds is 7. The maximum Gasteiger partial charge on any atom is 0.284 e. The topological polar surface area (TPSA) is 125 Å². The van der Waals surface area contributed by atoms with E-state index < -0.39 is 4.92 Å². The lowest BCUT2D eigenvalue weighted by molar-refractivity contribution is -0.384. The predicted molar refractivity (Wildman–Crippen MR) is 114 cm³/mol. The van der Waals surface area contributed by atoms with Gasteiger partial charge in [-0.05, 0) is 42.0 Å². The van der Waals surface area contributed by atoms with Crippen LogP contribution in [0, 0.1) is 10.1 Å². The minimum atomic E-state index is -0.508. The molecule has 0 fully saturated rings. The van der Waals surface area contributed by atoms with Crippen LogP contribution in [-0.2, 0) is 11.2 Å². The molecule has 2 aromatic carbocycles. The molecule has 1 N–H and O–H groups in total. The number of nitro groups is 1. The fourth-order valence-electron chi connectivity index (χ4n) is 3.16. The third-order valence-corrected chi connectivity index (χ3v) is 4.65. The molecule has 1 aromatic heterocycles. The van der Waals surface area contributed by atoms with E-state index in [1.807, 2.05) is 0 Å². The van der Waals surface area contributed by atoms with Crippen molar-refractivity contribution in [2.45, 2.75) is 6.42 Å². The molecule has 10 nitrogen and oxygen atoms in total. The van der Waals surface area contributed by atoms with Gasteiger partial charge in [0.1, 0.15) is 30.5 Å². The van der Waals surface area contributed by atoms with Gasteiger partial charge in [0, 0.05) is 0 Å². The molecule has 10 heteroatoms. The van der Waals surface area contributed by atoms with Crippen LogP contribution < -0.4 is 19.6 Å². The molecule has 0 aliphatic carbocycles. The third-order valence-electron chi connectivity index (χ3n) is 4.65. The molecule has 1 amide bonds. The normalized spacial score (nSPS) is 12.5. The van der Waals surface area contributed by atoms with Crippen LogP contribution in [0.3, 0.4) is 0 Å². The molecule has 0 spiro atoms. The average Bonchev–Trinajstić information content (AvgIpc) is 3.27. The molecule has 0 atom stereocenters. The molecular formula is C22H19N3O7. The van der Waals surface area contributed by atoms with Gasteiger partial charge in [-0.3, -0.25) is 14.9 Å². The molecule has 32 heavy (non-hydrogen) atoms. The van der Waals surface area contributed by atoms with E-state index in [0.29, 0.717) is 47.5 Å². The molecule has 0 bridgehead atoms. The summed E-state index contributed by atoms with van der Waals surface area (Å²) in [6, 6.07) is 13.0. The van der Waals surface area contributed by atoms with Crippen molar-refractivity contribution in [3.8, 4) is 28.6 Å². The largest absolute Gasteiger partial charge is 0.497 e. The molecule has 2 heterocycles. The van der Waals surface area contributed by atoms with E-state index in [1.165, 1.54) is 19.4 Å². The Balaban J connectivity index is 1.39. The van der Waals surface area contributed by atoms with Crippen LogP contribution in [0.15, 0.2) is 58.0 Å². The van der Waals surface area contributed by atoms with Gasteiger partial charge in [-0.25, -0.2) is 5.43 Å². The summed E-state index contributed by atoms with van der Waals surface area (Å²) >= 11 is 0. The van der Waals surface area contributed by atoms with Gasteiger partial charge in [-0.2, -0.15) is 5.10 Å². The van der Waals surface area contributed by atoms with E-state index in [-0.39, 0.29) is 18.0 Å². The van der Waals surface area contributed by atoms with E-state index in [0.717, 1.165) is 5.56 Å². The van der Waals surface area contributed by atoms with Crippen molar-refractivity contribution < 1.29 is 28.3 Å². The Labute approximate surface area is 182 Å². The summed E-state index contributed by atoms with van der Waals surface area (Å²) in [6.07, 6.45) is 1.43. The van der Waals surface area contributed by atoms with Crippen molar-refractivity contribution in [3.05, 3.63) is 70.0 Å². The van der Waals surface area contributed by atoms with Gasteiger partial charge in [0.2, 0.25) is 5.91 Å². The molecule has 0 radical (unpaired) electrons. The van der Waals surface area contributed by atoms with Gasteiger partial charge < -0.3 is 18.6 Å². The van der Waals surface area contributed by atoms with Crippen LogP contribution in [0.2, 0.25) is 0 Å². The molecule has 4 rings (SSSR count). The van der Waals surface area contributed by atoms with E-state index in [9.17, 15) is 14.9 Å². The Hall–Kier alpha value is -4.34. The van der Waals surface area contributed by atoms with Crippen molar-refractivity contribution in [3.63, 3.8) is 0 Å². The SMILES string of the molecule is COc1ccc(-c2ccc(C=NNC(=O)Cc3ccc4c(c3)OCCO4)o2)c([N+](=O)[O-])c1. The highest BCUT2D eigenvalue weighted by Crippen LogP contribution is 2.34. The number of benzene rings is 2. The summed E-state index contributed by atoms with van der Waals surface area (Å²) in [5, 5.41) is 15.3. The number of nitro benzene ring substituents is 1. The van der Waals surface area contributed by atoms with Crippen molar-refractivity contribution in [2.75, 3.05) is 20.3 Å². The lowest BCUT2D eigenvalue weighted by Gasteiger charge is -2.18. The van der Waals surface area contributed by atoms with Gasteiger partial charge in [0.05, 0.1) is 36.3 Å². The number of methoxy groups -OCH3 is 1. The average molecular weight is 437 g/mol. The molecule has 3 aromatic rings. The Morgan fingerprint density at radius 2 is 1.97 bits per heavy atom. The highest BCUT2D eigenvalue weighted by Gasteiger charge is 2.19. The number of nitrogens with zero attached hydrogens (tertiary/aromatic N) is 2. The zero-order valence-corrected chi connectivity index (χ0v) is 17.1. The third kappa shape index (κ3) is 4.69. The van der Waals surface area contributed by atoms with Gasteiger partial charge >= 0.3 is 0 Å². The minimum Gasteiger partial charge on any atom is -0.497 e. The number of furan rings is 1. The fourth-order valence-corrected chi connectivity index (χ4v) is 3.16. The summed E-state index contributed by atoms with van der Waals surface area (Å²) in [5.74, 6) is 1.93. The Morgan fingerprint density at radius 1 is 1.16 bits per heavy atom. The molecule has 0 unspecified atom stereocenters. The number of amides is 1. The first-order valence-corrected chi connectivity index (χ1v) is 9.66. The second-order valence-electron chi connectivity index (χ2n) is 6.79. The van der Waals surface area contributed by atoms with Gasteiger partial charge in [0.25, 0.3) is 5.69 Å². The highest BCUT2D eigenvalue weighted by molar-refractivity contribution is 5.82. The summed E-state index contributed by atoms with van der Waals surface area (Å²) in [6.45, 7) is 0.972. The number of fused-ring (bicyclic) bond motifs is 1. The smallest absolute Gasteiger partial charge is 0.284 e. The minimum absolute atomic E-state index is 0.107. The molecule has 1 aliphatic rings. The zero-order chi connectivity index (χ0) is 22.5. The maximum atomic E-state index is 12.2. The van der Waals surface area contributed by atoms with Crippen molar-refractivity contribution in [1.82, 2.24) is 5.43 Å². The van der Waals surface area contributed by atoms with Crippen LogP contribution in [0.4, 0.5) is 5.69 Å². The Morgan fingerprint density at radius 3 is 2.75 bits per heavy atom. The van der Waals surface area contributed by atoms with Crippen molar-refractivity contribution in [1.29, 1.82) is 0 Å². The van der Waals surface area contributed by atoms with Crippen LogP contribution >= 0.6 is 0 Å². The first kappa shape index (κ1) is 20.9. The number of carbonyl (C=O) groups excluding carboxylic acids is 1. The molecular weight excluding hydrogens is 418 g/mol. The molecule has 0 saturated heterocycles. The van der Waals surface area contributed by atoms with E-state index in [2.05, 4.69) is 10.5 Å². The number of hydrazone groups is 1. The lowest BCUT2D eigenvalue weighted by Crippen LogP contribution is -2.20. The van der Waals surface area contributed by atoms with Gasteiger partial charge in [0.15, 0.2) is 11.5 Å². The Bertz CT molecular complexity index is 1190. The van der Waals surface area contributed by atoms with Gasteiger partial charge in [-0.15, -0.1) is 0 Å². The summed E-state index contributed by atoms with van der Waals surface area (Å²) in [7, 11) is 1.43. The monoisotopic (exact) mass is 437 g/mol.